The summed E-state index contributed by atoms with van der Waals surface area (Å²) < 4.78 is 43.3. The van der Waals surface area contributed by atoms with Gasteiger partial charge in [-0.05, 0) is 24.7 Å². The molecule has 0 saturated carbocycles. The summed E-state index contributed by atoms with van der Waals surface area (Å²) in [7, 11) is 0. The molecule has 0 heterocycles. The van der Waals surface area contributed by atoms with E-state index in [0.717, 1.165) is 6.07 Å². The van der Waals surface area contributed by atoms with Crippen LogP contribution in [0.25, 0.3) is 0 Å². The Labute approximate surface area is 80.1 Å². The standard InChI is InChI=1S/C9H13NO2/c1-10-6-9(12)7-3-2-4-8(11)5-7/h2-5,9-12H,6H2,1H3/i1D3,6D2,9D. The van der Waals surface area contributed by atoms with Gasteiger partial charge in [-0.15, -0.1) is 0 Å². The van der Waals surface area contributed by atoms with Crippen LogP contribution < -0.4 is 5.32 Å². The molecule has 1 atom stereocenters. The van der Waals surface area contributed by atoms with Gasteiger partial charge in [0.05, 0.1) is 7.45 Å². The van der Waals surface area contributed by atoms with Crippen molar-refractivity contribution in [3.05, 3.63) is 29.8 Å². The Balaban J connectivity index is 3.12. The van der Waals surface area contributed by atoms with Crippen LogP contribution in [0.4, 0.5) is 0 Å². The van der Waals surface area contributed by atoms with Crippen LogP contribution in [0.3, 0.4) is 0 Å². The number of aliphatic hydroxyl groups is 1. The highest BCUT2D eigenvalue weighted by Gasteiger charge is 2.05. The van der Waals surface area contributed by atoms with E-state index < -0.39 is 19.6 Å². The van der Waals surface area contributed by atoms with Gasteiger partial charge >= 0.3 is 0 Å². The van der Waals surface area contributed by atoms with Crippen molar-refractivity contribution in [1.82, 2.24) is 5.32 Å². The molecule has 1 rings (SSSR count). The Kier molecular flexibility index (Phi) is 1.28. The molecule has 0 aliphatic heterocycles. The molecule has 0 spiro atoms. The third kappa shape index (κ3) is 2.22. The van der Waals surface area contributed by atoms with Crippen molar-refractivity contribution in [2.45, 2.75) is 6.08 Å². The predicted octanol–water partition coefficient (Wildman–Crippen LogP) is 0.645. The first-order chi connectivity index (χ1) is 7.96. The van der Waals surface area contributed by atoms with Crippen molar-refractivity contribution in [2.24, 2.45) is 0 Å². The molecule has 0 amide bonds. The van der Waals surface area contributed by atoms with Gasteiger partial charge in [-0.2, -0.15) is 0 Å². The van der Waals surface area contributed by atoms with E-state index in [1.807, 2.05) is 0 Å². The summed E-state index contributed by atoms with van der Waals surface area (Å²) in [5.41, 5.74) is -0.260. The average molecular weight is 173 g/mol. The number of phenols is 1. The van der Waals surface area contributed by atoms with Gasteiger partial charge in [0.25, 0.3) is 0 Å². The SMILES string of the molecule is [2H]C([2H])([2H])NC([2H])([2H])C([2H])(O)c1cccc(O)c1. The molecule has 0 bridgehead atoms. The van der Waals surface area contributed by atoms with Crippen LogP contribution in [-0.2, 0) is 0 Å². The number of rotatable bonds is 3. The smallest absolute Gasteiger partial charge is 0.115 e. The number of likely N-dealkylation sites (N-methyl/N-ethyl adjacent to an activating group) is 1. The maximum atomic E-state index is 9.87. The maximum Gasteiger partial charge on any atom is 0.115 e. The van der Waals surface area contributed by atoms with Gasteiger partial charge < -0.3 is 15.5 Å². The minimum Gasteiger partial charge on any atom is -0.508 e. The van der Waals surface area contributed by atoms with E-state index in [1.165, 1.54) is 18.2 Å². The highest BCUT2D eigenvalue weighted by Crippen LogP contribution is 2.17. The lowest BCUT2D eigenvalue weighted by Crippen LogP contribution is -2.16. The van der Waals surface area contributed by atoms with Crippen LogP contribution in [0.1, 0.15) is 19.9 Å². The highest BCUT2D eigenvalue weighted by atomic mass is 16.3. The van der Waals surface area contributed by atoms with E-state index in [-0.39, 0.29) is 11.3 Å². The summed E-state index contributed by atoms with van der Waals surface area (Å²) >= 11 is 0. The van der Waals surface area contributed by atoms with Crippen LogP contribution in [0.2, 0.25) is 0 Å². The van der Waals surface area contributed by atoms with E-state index in [9.17, 15) is 10.2 Å². The van der Waals surface area contributed by atoms with Crippen molar-refractivity contribution in [2.75, 3.05) is 13.5 Å². The van der Waals surface area contributed by atoms with Crippen molar-refractivity contribution >= 4 is 0 Å². The number of benzene rings is 1. The lowest BCUT2D eigenvalue weighted by atomic mass is 10.1. The van der Waals surface area contributed by atoms with E-state index >= 15 is 0 Å². The average Bonchev–Trinajstić information content (AvgIpc) is 2.13. The number of aromatic hydroxyl groups is 1. The lowest BCUT2D eigenvalue weighted by molar-refractivity contribution is 0.177. The Morgan fingerprint density at radius 1 is 1.83 bits per heavy atom. The Bertz CT molecular complexity index is 431. The molecule has 3 heteroatoms. The molecular formula is C9H13NO2. The molecule has 3 N–H and O–H groups in total. The van der Waals surface area contributed by atoms with Gasteiger partial charge in [0.1, 0.15) is 5.75 Å². The predicted molar refractivity (Wildman–Crippen MR) is 47.0 cm³/mol. The van der Waals surface area contributed by atoms with E-state index in [1.54, 1.807) is 5.32 Å². The molecule has 66 valence electrons. The molecule has 3 nitrogen and oxygen atoms in total. The zero-order chi connectivity index (χ0) is 14.2. The summed E-state index contributed by atoms with van der Waals surface area (Å²) in [6.07, 6.45) is -2.86. The summed E-state index contributed by atoms with van der Waals surface area (Å²) in [6.45, 7) is -5.78. The van der Waals surface area contributed by atoms with Gasteiger partial charge in [-0.25, -0.2) is 0 Å². The molecule has 0 aliphatic rings. The monoisotopic (exact) mass is 173 g/mol. The zero-order valence-electron chi connectivity index (χ0n) is 12.2. The normalized spacial score (nSPS) is 25.1. The van der Waals surface area contributed by atoms with Crippen molar-refractivity contribution in [3.8, 4) is 5.75 Å². The van der Waals surface area contributed by atoms with Crippen LogP contribution in [0, 0.1) is 0 Å². The van der Waals surface area contributed by atoms with E-state index in [4.69, 9.17) is 8.22 Å². The quantitative estimate of drug-likeness (QED) is 0.629. The molecule has 0 aromatic heterocycles. The molecule has 0 radical (unpaired) electrons. The fourth-order valence-electron chi connectivity index (χ4n) is 0.785. The molecule has 0 aliphatic carbocycles. The third-order valence-corrected chi connectivity index (χ3v) is 1.30. The molecule has 1 aromatic rings. The maximum absolute atomic E-state index is 9.87. The Morgan fingerprint density at radius 2 is 2.67 bits per heavy atom. The van der Waals surface area contributed by atoms with Gasteiger partial charge in [0.2, 0.25) is 0 Å². The van der Waals surface area contributed by atoms with Crippen LogP contribution in [0.15, 0.2) is 24.3 Å². The fraction of sp³-hybridized carbons (Fsp3) is 0.333. The van der Waals surface area contributed by atoms with Crippen LogP contribution >= 0.6 is 0 Å². The third-order valence-electron chi connectivity index (χ3n) is 1.30. The Morgan fingerprint density at radius 3 is 3.33 bits per heavy atom. The number of nitrogens with one attached hydrogen (secondary N) is 1. The van der Waals surface area contributed by atoms with E-state index in [0.29, 0.717) is 0 Å². The first kappa shape index (κ1) is 3.77. The molecule has 12 heavy (non-hydrogen) atoms. The topological polar surface area (TPSA) is 52.5 Å². The Hall–Kier alpha value is -1.06. The first-order valence-electron chi connectivity index (χ1n) is 6.27. The van der Waals surface area contributed by atoms with Crippen molar-refractivity contribution in [1.29, 1.82) is 0 Å². The molecule has 0 saturated heterocycles. The second-order valence-electron chi connectivity index (χ2n) is 2.15. The van der Waals surface area contributed by atoms with Gasteiger partial charge in [0, 0.05) is 13.4 Å². The van der Waals surface area contributed by atoms with E-state index in [2.05, 4.69) is 0 Å². The molecule has 0 fully saturated rings. The number of hydrogen-bond acceptors (Lipinski definition) is 3. The fourth-order valence-corrected chi connectivity index (χ4v) is 0.785. The number of phenolic OH excluding ortho intramolecular Hbond substituents is 1. The van der Waals surface area contributed by atoms with Crippen LogP contribution in [-0.4, -0.2) is 23.7 Å². The second-order valence-corrected chi connectivity index (χ2v) is 2.15. The van der Waals surface area contributed by atoms with Gasteiger partial charge in [-0.3, -0.25) is 0 Å². The van der Waals surface area contributed by atoms with Gasteiger partial charge in [0.15, 0.2) is 0 Å². The minimum atomic E-state index is -2.92. The van der Waals surface area contributed by atoms with Gasteiger partial charge in [-0.1, -0.05) is 12.1 Å². The van der Waals surface area contributed by atoms with Crippen molar-refractivity contribution in [3.63, 3.8) is 0 Å². The van der Waals surface area contributed by atoms with Crippen molar-refractivity contribution < 1.29 is 18.4 Å². The second kappa shape index (κ2) is 4.09. The summed E-state index contributed by atoms with van der Waals surface area (Å²) in [4.78, 5) is 0. The first-order valence-corrected chi connectivity index (χ1v) is 3.27. The molecule has 1 aromatic carbocycles. The molecular weight excluding hydrogens is 154 g/mol. The number of hydrogen-bond donors (Lipinski definition) is 3. The summed E-state index contributed by atoms with van der Waals surface area (Å²) in [5.74, 6) is -0.261. The van der Waals surface area contributed by atoms with Crippen LogP contribution in [0.5, 0.6) is 5.75 Å². The summed E-state index contributed by atoms with van der Waals surface area (Å²) in [5, 5.41) is 20.7. The lowest BCUT2D eigenvalue weighted by Gasteiger charge is -2.09. The largest absolute Gasteiger partial charge is 0.508 e. The molecule has 1 unspecified atom stereocenters. The highest BCUT2D eigenvalue weighted by molar-refractivity contribution is 5.28. The zero-order valence-corrected chi connectivity index (χ0v) is 6.20. The minimum absolute atomic E-state index is 0.260. The summed E-state index contributed by atoms with van der Waals surface area (Å²) in [6, 6.07) is 4.81.